The fraction of sp³-hybridized carbons (Fsp3) is 0.333. The molecule has 0 spiro atoms. The number of nitrogen functional groups attached to an aromatic ring is 1. The second kappa shape index (κ2) is 4.98. The number of nitrogens with two attached hydrogens (primary N) is 1. The number of carbonyl (C=O) groups is 1. The number of rotatable bonds is 2. The molecule has 0 bridgehead atoms. The molecule has 1 unspecified atom stereocenters. The van der Waals surface area contributed by atoms with E-state index in [2.05, 4.69) is 36.8 Å². The van der Waals surface area contributed by atoms with Crippen LogP contribution in [0.5, 0.6) is 0 Å². The third kappa shape index (κ3) is 2.75. The van der Waals surface area contributed by atoms with Gasteiger partial charge in [0, 0.05) is 19.2 Å². The largest absolute Gasteiger partial charge is 0.396 e. The van der Waals surface area contributed by atoms with E-state index in [1.807, 2.05) is 0 Å². The molecule has 0 saturated carbocycles. The van der Waals surface area contributed by atoms with Crippen LogP contribution in [0.4, 0.5) is 15.3 Å². The molecule has 1 aromatic heterocycles. The highest BCUT2D eigenvalue weighted by molar-refractivity contribution is 9.11. The Bertz CT molecular complexity index is 652. The summed E-state index contributed by atoms with van der Waals surface area (Å²) in [5.41, 5.74) is 6.30. The van der Waals surface area contributed by atoms with Gasteiger partial charge in [-0.05, 0) is 31.9 Å². The Balaban J connectivity index is 2.45. The average Bonchev–Trinajstić information content (AvgIpc) is 2.67. The molecule has 2 N–H and O–H groups in total. The number of amides is 1. The van der Waals surface area contributed by atoms with E-state index in [0.29, 0.717) is 9.08 Å². The number of hydrogen-bond acceptors (Lipinski definition) is 5. The van der Waals surface area contributed by atoms with Gasteiger partial charge in [0.1, 0.15) is 15.5 Å². The second-order valence-electron chi connectivity index (χ2n) is 3.97. The van der Waals surface area contributed by atoms with Crippen molar-refractivity contribution in [3.63, 3.8) is 0 Å². The highest BCUT2D eigenvalue weighted by Gasteiger charge is 2.40. The quantitative estimate of drug-likeness (QED) is 0.583. The van der Waals surface area contributed by atoms with Gasteiger partial charge in [-0.1, -0.05) is 0 Å². The number of nitrogens with zero attached hydrogens (tertiary/aromatic N) is 2. The van der Waals surface area contributed by atoms with Crippen LogP contribution in [0.2, 0.25) is 0 Å². The van der Waals surface area contributed by atoms with E-state index in [0.717, 1.165) is 4.90 Å². The van der Waals surface area contributed by atoms with Crippen molar-refractivity contribution in [3.05, 3.63) is 15.3 Å². The maximum atomic E-state index is 13.0. The molecule has 0 aliphatic carbocycles. The third-order valence-electron chi connectivity index (χ3n) is 2.76. The number of aromatic nitrogens is 1. The number of anilines is 2. The lowest BCUT2D eigenvalue weighted by atomic mass is 10.3. The summed E-state index contributed by atoms with van der Waals surface area (Å²) in [7, 11) is -4.76. The zero-order valence-corrected chi connectivity index (χ0v) is 13.3. The normalized spacial score (nSPS) is 20.1. The first-order valence-electron chi connectivity index (χ1n) is 5.05. The van der Waals surface area contributed by atoms with E-state index in [4.69, 9.17) is 5.73 Å². The maximum absolute atomic E-state index is 13.0. The molecule has 104 valence electrons. The van der Waals surface area contributed by atoms with Gasteiger partial charge in [0.15, 0.2) is 0 Å². The summed E-state index contributed by atoms with van der Waals surface area (Å²) in [6, 6.07) is 0. The molecule has 1 aromatic rings. The Morgan fingerprint density at radius 2 is 2.11 bits per heavy atom. The van der Waals surface area contributed by atoms with Crippen LogP contribution in [0.25, 0.3) is 0 Å². The second-order valence-corrected chi connectivity index (χ2v) is 7.19. The summed E-state index contributed by atoms with van der Waals surface area (Å²) in [5, 5.41) is -1.37. The van der Waals surface area contributed by atoms with Gasteiger partial charge in [-0.25, -0.2) is 4.98 Å². The van der Waals surface area contributed by atoms with Gasteiger partial charge in [-0.3, -0.25) is 4.79 Å². The van der Waals surface area contributed by atoms with E-state index < -0.39 is 27.8 Å². The third-order valence-corrected chi connectivity index (χ3v) is 5.08. The van der Waals surface area contributed by atoms with Crippen LogP contribution in [0, 0.1) is 0 Å². The Morgan fingerprint density at radius 3 is 2.63 bits per heavy atom. The van der Waals surface area contributed by atoms with Gasteiger partial charge < -0.3 is 10.6 Å². The number of halogens is 3. The number of carbonyl (C=O) groups excluding carboxylic acids is 1. The van der Waals surface area contributed by atoms with Gasteiger partial charge in [-0.15, -0.1) is 3.89 Å². The van der Waals surface area contributed by atoms with Crippen LogP contribution in [-0.2, 0) is 15.0 Å². The minimum atomic E-state index is -4.76. The van der Waals surface area contributed by atoms with Gasteiger partial charge in [-0.2, -0.15) is 8.42 Å². The lowest BCUT2D eigenvalue weighted by Gasteiger charge is -2.19. The van der Waals surface area contributed by atoms with Crippen molar-refractivity contribution in [1.29, 1.82) is 0 Å². The fourth-order valence-electron chi connectivity index (χ4n) is 1.80. The topological polar surface area (TPSA) is 93.4 Å². The summed E-state index contributed by atoms with van der Waals surface area (Å²) >= 11 is 6.30. The predicted molar refractivity (Wildman–Crippen MR) is 74.8 cm³/mol. The van der Waals surface area contributed by atoms with Crippen LogP contribution >= 0.6 is 31.9 Å². The summed E-state index contributed by atoms with van der Waals surface area (Å²) < 4.78 is 35.5. The molecular weight excluding hydrogens is 409 g/mol. The highest BCUT2D eigenvalue weighted by Crippen LogP contribution is 2.38. The van der Waals surface area contributed by atoms with Gasteiger partial charge in [0.05, 0.1) is 10.2 Å². The van der Waals surface area contributed by atoms with Gasteiger partial charge in [0.2, 0.25) is 5.91 Å². The molecule has 1 amide bonds. The lowest BCUT2D eigenvalue weighted by Crippen LogP contribution is -2.28. The molecule has 19 heavy (non-hydrogen) atoms. The van der Waals surface area contributed by atoms with Crippen LogP contribution in [0.1, 0.15) is 6.42 Å². The minimum absolute atomic E-state index is 0.229. The Kier molecular flexibility index (Phi) is 3.85. The van der Waals surface area contributed by atoms with Crippen LogP contribution in [-0.4, -0.2) is 31.1 Å². The zero-order chi connectivity index (χ0) is 14.4. The molecule has 6 nitrogen and oxygen atoms in total. The molecule has 1 saturated heterocycles. The number of pyridine rings is 1. The zero-order valence-electron chi connectivity index (χ0n) is 9.31. The standard InChI is InChI=1S/C9H8Br2FN3O3S/c10-5-2-14-9(11)8(7(5)13)15-3-4(1-6(15)16)19(12,17)18/h2,4H,1,3H2,(H2,13,14). The first-order chi connectivity index (χ1) is 8.71. The van der Waals surface area contributed by atoms with E-state index >= 15 is 0 Å². The van der Waals surface area contributed by atoms with E-state index in [9.17, 15) is 17.1 Å². The summed E-state index contributed by atoms with van der Waals surface area (Å²) in [6.45, 7) is -0.279. The van der Waals surface area contributed by atoms with Crippen molar-refractivity contribution in [1.82, 2.24) is 4.98 Å². The van der Waals surface area contributed by atoms with Crippen molar-refractivity contribution >= 4 is 59.4 Å². The Labute approximate surface area is 125 Å². The maximum Gasteiger partial charge on any atom is 0.307 e. The average molecular weight is 417 g/mol. The monoisotopic (exact) mass is 415 g/mol. The fourth-order valence-corrected chi connectivity index (χ4v) is 3.29. The highest BCUT2D eigenvalue weighted by atomic mass is 79.9. The van der Waals surface area contributed by atoms with Crippen molar-refractivity contribution in [2.75, 3.05) is 17.2 Å². The lowest BCUT2D eigenvalue weighted by molar-refractivity contribution is -0.117. The van der Waals surface area contributed by atoms with Gasteiger partial charge >= 0.3 is 10.2 Å². The van der Waals surface area contributed by atoms with Crippen molar-refractivity contribution < 1.29 is 17.1 Å². The SMILES string of the molecule is Nc1c(Br)cnc(Br)c1N1CC(S(=O)(=O)F)CC1=O. The molecule has 1 fully saturated rings. The molecule has 2 rings (SSSR count). The van der Waals surface area contributed by atoms with Crippen LogP contribution in [0.15, 0.2) is 15.3 Å². The van der Waals surface area contributed by atoms with Crippen molar-refractivity contribution in [2.24, 2.45) is 0 Å². The molecule has 1 aliphatic rings. The summed E-state index contributed by atoms with van der Waals surface area (Å²) in [6.07, 6.45) is 1.03. The smallest absolute Gasteiger partial charge is 0.307 e. The Morgan fingerprint density at radius 1 is 1.47 bits per heavy atom. The predicted octanol–water partition coefficient (Wildman–Crippen LogP) is 1.59. The molecule has 10 heteroatoms. The molecule has 0 aromatic carbocycles. The summed E-state index contributed by atoms with van der Waals surface area (Å²) in [4.78, 5) is 16.9. The molecular formula is C9H8Br2FN3O3S. The van der Waals surface area contributed by atoms with Crippen LogP contribution in [0.3, 0.4) is 0 Å². The first-order valence-corrected chi connectivity index (χ1v) is 8.08. The Hall–Kier alpha value is -0.740. The minimum Gasteiger partial charge on any atom is -0.396 e. The van der Waals surface area contributed by atoms with E-state index in [-0.39, 0.29) is 17.9 Å². The van der Waals surface area contributed by atoms with E-state index in [1.54, 1.807) is 0 Å². The van der Waals surface area contributed by atoms with Gasteiger partial charge in [0.25, 0.3) is 0 Å². The van der Waals surface area contributed by atoms with Crippen LogP contribution < -0.4 is 10.6 Å². The van der Waals surface area contributed by atoms with E-state index in [1.165, 1.54) is 6.20 Å². The number of hydrogen-bond donors (Lipinski definition) is 1. The first kappa shape index (κ1) is 14.7. The van der Waals surface area contributed by atoms with Crippen molar-refractivity contribution in [3.8, 4) is 0 Å². The molecule has 2 heterocycles. The molecule has 1 aliphatic heterocycles. The summed E-state index contributed by atoms with van der Waals surface area (Å²) in [5.74, 6) is -0.515. The molecule has 1 atom stereocenters. The van der Waals surface area contributed by atoms with Crippen molar-refractivity contribution in [2.45, 2.75) is 11.7 Å². The molecule has 0 radical (unpaired) electrons.